The highest BCUT2D eigenvalue weighted by molar-refractivity contribution is 9.10. The molecule has 20 heavy (non-hydrogen) atoms. The molecule has 0 radical (unpaired) electrons. The smallest absolute Gasteiger partial charge is 0.150 e. The number of nitrogens with one attached hydrogen (secondary N) is 1. The summed E-state index contributed by atoms with van der Waals surface area (Å²) in [5.41, 5.74) is 0. The fraction of sp³-hybridized carbons (Fsp3) is 0.714. The summed E-state index contributed by atoms with van der Waals surface area (Å²) >= 11 is 5.35. The quantitative estimate of drug-likeness (QED) is 0.828. The van der Waals surface area contributed by atoms with Gasteiger partial charge in [-0.25, -0.2) is 8.42 Å². The maximum atomic E-state index is 11.7. The molecule has 3 nitrogen and oxygen atoms in total. The molecule has 1 aliphatic heterocycles. The first kappa shape index (κ1) is 15.0. The van der Waals surface area contributed by atoms with Gasteiger partial charge in [-0.1, -0.05) is 0 Å². The molecule has 2 heterocycles. The standard InChI is InChI=1S/C14H20BrNO2S2/c15-13-3-5-19-14(13)7-11(8-16-12-1-2-12)10-4-6-20(17,18)9-10/h3,5,10-12,16H,1-2,4,6-9H2. The van der Waals surface area contributed by atoms with E-state index >= 15 is 0 Å². The van der Waals surface area contributed by atoms with E-state index in [9.17, 15) is 8.42 Å². The summed E-state index contributed by atoms with van der Waals surface area (Å²) in [6.07, 6.45) is 4.37. The van der Waals surface area contributed by atoms with Crippen molar-refractivity contribution in [2.75, 3.05) is 18.1 Å². The van der Waals surface area contributed by atoms with Gasteiger partial charge >= 0.3 is 0 Å². The summed E-state index contributed by atoms with van der Waals surface area (Å²) in [5.74, 6) is 1.51. The van der Waals surface area contributed by atoms with Gasteiger partial charge in [-0.15, -0.1) is 11.3 Å². The normalized spacial score (nSPS) is 26.8. The highest BCUT2D eigenvalue weighted by Gasteiger charge is 2.34. The number of hydrogen-bond donors (Lipinski definition) is 1. The molecule has 112 valence electrons. The second kappa shape index (κ2) is 6.07. The fourth-order valence-corrected chi connectivity index (χ4v) is 6.44. The third-order valence-corrected chi connectivity index (χ3v) is 8.06. The Balaban J connectivity index is 1.67. The van der Waals surface area contributed by atoms with Crippen LogP contribution in [0.2, 0.25) is 0 Å². The second-order valence-corrected chi connectivity index (χ2v) is 10.1. The Morgan fingerprint density at radius 1 is 1.40 bits per heavy atom. The van der Waals surface area contributed by atoms with Crippen molar-refractivity contribution in [3.63, 3.8) is 0 Å². The number of rotatable bonds is 6. The maximum Gasteiger partial charge on any atom is 0.150 e. The molecule has 0 bridgehead atoms. The van der Waals surface area contributed by atoms with Gasteiger partial charge in [-0.2, -0.15) is 0 Å². The summed E-state index contributed by atoms with van der Waals surface area (Å²) < 4.78 is 24.6. The van der Waals surface area contributed by atoms with Crippen molar-refractivity contribution in [3.05, 3.63) is 20.8 Å². The number of halogens is 1. The van der Waals surface area contributed by atoms with Gasteiger partial charge in [-0.05, 0) is 71.4 Å². The zero-order valence-corrected chi connectivity index (χ0v) is 14.6. The minimum atomic E-state index is -2.79. The Hall–Kier alpha value is 0.0900. The van der Waals surface area contributed by atoms with Crippen molar-refractivity contribution < 1.29 is 8.42 Å². The molecule has 0 spiro atoms. The minimum Gasteiger partial charge on any atom is -0.314 e. The van der Waals surface area contributed by atoms with E-state index in [0.29, 0.717) is 29.4 Å². The lowest BCUT2D eigenvalue weighted by Gasteiger charge is -2.23. The van der Waals surface area contributed by atoms with Gasteiger partial charge in [0, 0.05) is 15.4 Å². The van der Waals surface area contributed by atoms with Crippen LogP contribution in [0.5, 0.6) is 0 Å². The third kappa shape index (κ3) is 3.84. The van der Waals surface area contributed by atoms with Crippen molar-refractivity contribution in [3.8, 4) is 0 Å². The Labute approximate surface area is 133 Å². The fourth-order valence-electron chi connectivity index (χ4n) is 2.92. The molecular weight excluding hydrogens is 358 g/mol. The molecule has 0 amide bonds. The van der Waals surface area contributed by atoms with Crippen molar-refractivity contribution in [1.29, 1.82) is 0 Å². The molecule has 1 N–H and O–H groups in total. The van der Waals surface area contributed by atoms with Crippen LogP contribution in [0.25, 0.3) is 0 Å². The number of sulfone groups is 1. The van der Waals surface area contributed by atoms with Crippen LogP contribution in [0.15, 0.2) is 15.9 Å². The monoisotopic (exact) mass is 377 g/mol. The zero-order chi connectivity index (χ0) is 14.2. The summed E-state index contributed by atoms with van der Waals surface area (Å²) in [4.78, 5) is 1.34. The molecule has 1 aromatic heterocycles. The van der Waals surface area contributed by atoms with Crippen LogP contribution in [0.1, 0.15) is 24.1 Å². The lowest BCUT2D eigenvalue weighted by Crippen LogP contribution is -2.31. The van der Waals surface area contributed by atoms with Crippen molar-refractivity contribution in [2.24, 2.45) is 11.8 Å². The van der Waals surface area contributed by atoms with Gasteiger partial charge in [-0.3, -0.25) is 0 Å². The molecule has 2 atom stereocenters. The predicted octanol–water partition coefficient (Wildman–Crippen LogP) is 2.86. The summed E-state index contributed by atoms with van der Waals surface area (Å²) in [6.45, 7) is 0.954. The Morgan fingerprint density at radius 2 is 2.20 bits per heavy atom. The van der Waals surface area contributed by atoms with Crippen molar-refractivity contribution >= 4 is 37.1 Å². The van der Waals surface area contributed by atoms with Crippen LogP contribution in [-0.4, -0.2) is 32.5 Å². The zero-order valence-electron chi connectivity index (χ0n) is 11.3. The van der Waals surface area contributed by atoms with Crippen LogP contribution in [0, 0.1) is 11.8 Å². The second-order valence-electron chi connectivity index (χ2n) is 6.00. The molecule has 1 aliphatic carbocycles. The summed E-state index contributed by atoms with van der Waals surface area (Å²) in [6, 6.07) is 2.76. The van der Waals surface area contributed by atoms with Gasteiger partial charge in [0.25, 0.3) is 0 Å². The molecule has 0 aromatic carbocycles. The molecule has 2 unspecified atom stereocenters. The van der Waals surface area contributed by atoms with E-state index in [1.807, 2.05) is 0 Å². The van der Waals surface area contributed by atoms with Crippen LogP contribution < -0.4 is 5.32 Å². The largest absolute Gasteiger partial charge is 0.314 e. The first-order chi connectivity index (χ1) is 9.53. The predicted molar refractivity (Wildman–Crippen MR) is 87.0 cm³/mol. The van der Waals surface area contributed by atoms with Crippen LogP contribution in [0.3, 0.4) is 0 Å². The van der Waals surface area contributed by atoms with Gasteiger partial charge in [0.2, 0.25) is 0 Å². The van der Waals surface area contributed by atoms with E-state index in [0.717, 1.165) is 19.4 Å². The highest BCUT2D eigenvalue weighted by Crippen LogP contribution is 2.33. The molecule has 1 aromatic rings. The first-order valence-corrected chi connectivity index (χ1v) is 10.7. The number of thiophene rings is 1. The Bertz CT molecular complexity index is 565. The minimum absolute atomic E-state index is 0.320. The van der Waals surface area contributed by atoms with Gasteiger partial charge in [0.15, 0.2) is 9.84 Å². The van der Waals surface area contributed by atoms with E-state index < -0.39 is 9.84 Å². The highest BCUT2D eigenvalue weighted by atomic mass is 79.9. The lowest BCUT2D eigenvalue weighted by molar-refractivity contribution is 0.343. The molecule has 6 heteroatoms. The summed E-state index contributed by atoms with van der Waals surface area (Å²) in [7, 11) is -2.79. The average Bonchev–Trinajstić information content (AvgIpc) is 3.03. The van der Waals surface area contributed by atoms with Gasteiger partial charge in [0.05, 0.1) is 11.5 Å². The third-order valence-electron chi connectivity index (χ3n) is 4.32. The van der Waals surface area contributed by atoms with Crippen LogP contribution >= 0.6 is 27.3 Å². The molecule has 1 saturated heterocycles. The number of hydrogen-bond acceptors (Lipinski definition) is 4. The van der Waals surface area contributed by atoms with E-state index in [2.05, 4.69) is 32.7 Å². The van der Waals surface area contributed by atoms with E-state index in [1.165, 1.54) is 22.2 Å². The van der Waals surface area contributed by atoms with Crippen LogP contribution in [-0.2, 0) is 16.3 Å². The molecule has 1 saturated carbocycles. The lowest BCUT2D eigenvalue weighted by atomic mass is 9.88. The Kier molecular flexibility index (Phi) is 4.55. The van der Waals surface area contributed by atoms with Crippen molar-refractivity contribution in [2.45, 2.75) is 31.7 Å². The molecule has 3 rings (SSSR count). The van der Waals surface area contributed by atoms with Crippen molar-refractivity contribution in [1.82, 2.24) is 5.32 Å². The topological polar surface area (TPSA) is 46.2 Å². The summed E-state index contributed by atoms with van der Waals surface area (Å²) in [5, 5.41) is 5.68. The molecule has 2 aliphatic rings. The molecular formula is C14H20BrNO2S2. The van der Waals surface area contributed by atoms with E-state index in [-0.39, 0.29) is 0 Å². The first-order valence-electron chi connectivity index (χ1n) is 7.19. The van der Waals surface area contributed by atoms with Crippen LogP contribution in [0.4, 0.5) is 0 Å². The maximum absolute atomic E-state index is 11.7. The van der Waals surface area contributed by atoms with Gasteiger partial charge in [0.1, 0.15) is 0 Å². The van der Waals surface area contributed by atoms with E-state index in [1.54, 1.807) is 11.3 Å². The SMILES string of the molecule is O=S1(=O)CCC(C(CNC2CC2)Cc2sccc2Br)C1. The Morgan fingerprint density at radius 3 is 2.75 bits per heavy atom. The van der Waals surface area contributed by atoms with Gasteiger partial charge < -0.3 is 5.32 Å². The molecule has 2 fully saturated rings. The average molecular weight is 378 g/mol. The van der Waals surface area contributed by atoms with E-state index in [4.69, 9.17) is 0 Å².